The van der Waals surface area contributed by atoms with E-state index in [-0.39, 0.29) is 23.8 Å². The number of pyridine rings is 1. The zero-order valence-corrected chi connectivity index (χ0v) is 20.5. The highest BCUT2D eigenvalue weighted by atomic mass is 35.5. The molecule has 2 aromatic heterocycles. The number of piperazine rings is 1. The third kappa shape index (κ3) is 5.34. The summed E-state index contributed by atoms with van der Waals surface area (Å²) in [6.07, 6.45) is 3.53. The lowest BCUT2D eigenvalue weighted by atomic mass is 9.96. The molecule has 0 saturated carbocycles. The van der Waals surface area contributed by atoms with Crippen LogP contribution >= 0.6 is 11.6 Å². The molecule has 0 aliphatic carbocycles. The van der Waals surface area contributed by atoms with Gasteiger partial charge in [0.25, 0.3) is 0 Å². The number of nitrogens with one attached hydrogen (secondary N) is 3. The molecule has 0 radical (unpaired) electrons. The number of anilines is 2. The number of nitrogens with zero attached hydrogens (tertiary/aromatic N) is 3. The predicted molar refractivity (Wildman–Crippen MR) is 137 cm³/mol. The second-order valence-corrected chi connectivity index (χ2v) is 9.35. The second kappa shape index (κ2) is 10.4. The van der Waals surface area contributed by atoms with Crippen molar-refractivity contribution >= 4 is 45.8 Å². The van der Waals surface area contributed by atoms with E-state index < -0.39 is 0 Å². The van der Waals surface area contributed by atoms with Crippen LogP contribution in [0, 0.1) is 0 Å². The molecule has 1 saturated heterocycles. The highest BCUT2D eigenvalue weighted by molar-refractivity contribution is 6.30. The maximum Gasteiger partial charge on any atom is 0.231 e. The van der Waals surface area contributed by atoms with Crippen molar-refractivity contribution in [2.24, 2.45) is 0 Å². The number of carbonyl (C=O) groups excluding carboxylic acids is 2. The Bertz CT molecular complexity index is 1150. The first-order chi connectivity index (χ1) is 16.3. The van der Waals surface area contributed by atoms with Gasteiger partial charge in [0.2, 0.25) is 11.8 Å². The lowest BCUT2D eigenvalue weighted by molar-refractivity contribution is -0.133. The minimum atomic E-state index is -0.269. The van der Waals surface area contributed by atoms with Gasteiger partial charge in [0.15, 0.2) is 0 Å². The molecule has 1 aromatic carbocycles. The minimum Gasteiger partial charge on any atom is -0.367 e. The first-order valence-corrected chi connectivity index (χ1v) is 12.0. The number of rotatable bonds is 7. The number of aromatic nitrogens is 2. The van der Waals surface area contributed by atoms with Gasteiger partial charge in [-0.2, -0.15) is 0 Å². The van der Waals surface area contributed by atoms with Gasteiger partial charge >= 0.3 is 0 Å². The number of carbonyl (C=O) groups is 2. The molecule has 1 atom stereocenters. The van der Waals surface area contributed by atoms with E-state index >= 15 is 0 Å². The molecule has 9 heteroatoms. The van der Waals surface area contributed by atoms with Gasteiger partial charge in [-0.15, -0.1) is 0 Å². The van der Waals surface area contributed by atoms with Crippen molar-refractivity contribution in [2.45, 2.75) is 32.7 Å². The molecule has 180 valence electrons. The fourth-order valence-electron chi connectivity index (χ4n) is 4.38. The van der Waals surface area contributed by atoms with Crippen molar-refractivity contribution in [2.75, 3.05) is 42.9 Å². The summed E-state index contributed by atoms with van der Waals surface area (Å²) in [5, 5.41) is 7.84. The van der Waals surface area contributed by atoms with Crippen molar-refractivity contribution in [3.05, 3.63) is 53.3 Å². The van der Waals surface area contributed by atoms with Gasteiger partial charge in [0.05, 0.1) is 22.7 Å². The third-order valence-corrected chi connectivity index (χ3v) is 6.35. The highest BCUT2D eigenvalue weighted by Crippen LogP contribution is 2.33. The Balaban J connectivity index is 1.50. The van der Waals surface area contributed by atoms with Crippen LogP contribution in [0.2, 0.25) is 5.02 Å². The number of H-pyrrole nitrogens is 1. The Morgan fingerprint density at radius 3 is 2.47 bits per heavy atom. The maximum absolute atomic E-state index is 13.6. The third-order valence-electron chi connectivity index (χ3n) is 6.09. The fourth-order valence-corrected chi connectivity index (χ4v) is 4.50. The average molecular weight is 483 g/mol. The van der Waals surface area contributed by atoms with Crippen LogP contribution < -0.4 is 15.5 Å². The lowest BCUT2D eigenvalue weighted by Gasteiger charge is -2.38. The number of halogens is 1. The fraction of sp³-hybridized carbons (Fsp3) is 0.400. The summed E-state index contributed by atoms with van der Waals surface area (Å²) in [5.41, 5.74) is 3.40. The molecule has 0 unspecified atom stereocenters. The van der Waals surface area contributed by atoms with Crippen molar-refractivity contribution in [3.63, 3.8) is 0 Å². The monoisotopic (exact) mass is 482 g/mol. The maximum atomic E-state index is 13.6. The van der Waals surface area contributed by atoms with Crippen LogP contribution in [0.3, 0.4) is 0 Å². The number of fused-ring (bicyclic) bond motifs is 1. The molecule has 3 N–H and O–H groups in total. The molecule has 34 heavy (non-hydrogen) atoms. The van der Waals surface area contributed by atoms with Gasteiger partial charge in [-0.25, -0.2) is 4.98 Å². The first-order valence-electron chi connectivity index (χ1n) is 11.6. The Kier molecular flexibility index (Phi) is 7.38. The largest absolute Gasteiger partial charge is 0.367 e. The van der Waals surface area contributed by atoms with Crippen LogP contribution in [0.4, 0.5) is 11.4 Å². The van der Waals surface area contributed by atoms with Crippen molar-refractivity contribution < 1.29 is 9.59 Å². The smallest absolute Gasteiger partial charge is 0.231 e. The highest BCUT2D eigenvalue weighted by Gasteiger charge is 2.29. The summed E-state index contributed by atoms with van der Waals surface area (Å²) in [6, 6.07) is 9.79. The number of benzene rings is 1. The Morgan fingerprint density at radius 2 is 1.82 bits per heavy atom. The Hall–Kier alpha value is -3.10. The van der Waals surface area contributed by atoms with Gasteiger partial charge in [0, 0.05) is 63.1 Å². The van der Waals surface area contributed by atoms with E-state index in [0.717, 1.165) is 22.3 Å². The summed E-state index contributed by atoms with van der Waals surface area (Å²) < 4.78 is 0. The summed E-state index contributed by atoms with van der Waals surface area (Å²) in [7, 11) is 0. The number of aromatic amines is 1. The van der Waals surface area contributed by atoms with E-state index in [4.69, 9.17) is 11.6 Å². The zero-order valence-electron chi connectivity index (χ0n) is 19.8. The summed E-state index contributed by atoms with van der Waals surface area (Å²) in [6.45, 7) is 8.85. The van der Waals surface area contributed by atoms with Crippen LogP contribution in [-0.4, -0.2) is 65.4 Å². The second-order valence-electron chi connectivity index (χ2n) is 8.92. The summed E-state index contributed by atoms with van der Waals surface area (Å²) in [5.74, 6) is -0.278. The molecule has 1 aliphatic heterocycles. The molecular formula is C25H31ClN6O2. The molecule has 3 aromatic rings. The van der Waals surface area contributed by atoms with E-state index in [1.807, 2.05) is 35.2 Å². The first kappa shape index (κ1) is 24.0. The van der Waals surface area contributed by atoms with Gasteiger partial charge < -0.3 is 25.4 Å². The van der Waals surface area contributed by atoms with Gasteiger partial charge in [-0.05, 0) is 23.8 Å². The van der Waals surface area contributed by atoms with E-state index in [2.05, 4.69) is 39.3 Å². The molecule has 3 heterocycles. The predicted octanol–water partition coefficient (Wildman–Crippen LogP) is 3.61. The molecule has 1 aliphatic rings. The van der Waals surface area contributed by atoms with Crippen LogP contribution in [0.5, 0.6) is 0 Å². The standard InChI is InChI=1S/C25H31ClN6O2/c1-16(2)28-14-20(18-4-6-19(26)7-5-18)25(34)32-12-10-31(11-13-32)22-8-9-27-24-23(22)21(15-29-24)30-17(3)33/h4-9,15-16,20,28H,10-14H2,1-3H3,(H,27,29)(H,30,33)/t20-/m1/s1. The zero-order chi connectivity index (χ0) is 24.2. The van der Waals surface area contributed by atoms with Gasteiger partial charge in [0.1, 0.15) is 5.65 Å². The topological polar surface area (TPSA) is 93.4 Å². The van der Waals surface area contributed by atoms with E-state index in [1.54, 1.807) is 12.4 Å². The molecular weight excluding hydrogens is 452 g/mol. The quantitative estimate of drug-likeness (QED) is 0.478. The van der Waals surface area contributed by atoms with Crippen molar-refractivity contribution in [1.82, 2.24) is 20.2 Å². The molecule has 0 bridgehead atoms. The minimum absolute atomic E-state index is 0.121. The van der Waals surface area contributed by atoms with Crippen LogP contribution in [0.1, 0.15) is 32.3 Å². The number of hydrogen-bond donors (Lipinski definition) is 3. The SMILES string of the molecule is CC(=O)Nc1c[nH]c2nccc(N3CCN(C(=O)[C@H](CNC(C)C)c4ccc(Cl)cc4)CC3)c12. The number of amides is 2. The van der Waals surface area contributed by atoms with Gasteiger partial charge in [-0.1, -0.05) is 37.6 Å². The number of hydrogen-bond acceptors (Lipinski definition) is 5. The van der Waals surface area contributed by atoms with E-state index in [9.17, 15) is 9.59 Å². The molecule has 2 amide bonds. The summed E-state index contributed by atoms with van der Waals surface area (Å²) >= 11 is 6.07. The normalized spacial score (nSPS) is 15.1. The Labute approximate surface area is 204 Å². The lowest BCUT2D eigenvalue weighted by Crippen LogP contribution is -2.51. The van der Waals surface area contributed by atoms with Crippen LogP contribution in [0.25, 0.3) is 11.0 Å². The van der Waals surface area contributed by atoms with Crippen molar-refractivity contribution in [1.29, 1.82) is 0 Å². The molecule has 1 fully saturated rings. The molecule has 8 nitrogen and oxygen atoms in total. The molecule has 0 spiro atoms. The summed E-state index contributed by atoms with van der Waals surface area (Å²) in [4.78, 5) is 36.9. The van der Waals surface area contributed by atoms with Crippen molar-refractivity contribution in [3.8, 4) is 0 Å². The van der Waals surface area contributed by atoms with Crippen LogP contribution in [-0.2, 0) is 9.59 Å². The van der Waals surface area contributed by atoms with Gasteiger partial charge in [-0.3, -0.25) is 9.59 Å². The van der Waals surface area contributed by atoms with E-state index in [1.165, 1.54) is 6.92 Å². The van der Waals surface area contributed by atoms with Crippen LogP contribution in [0.15, 0.2) is 42.7 Å². The average Bonchev–Trinajstić information content (AvgIpc) is 3.22. The van der Waals surface area contributed by atoms with E-state index in [0.29, 0.717) is 43.4 Å². The Morgan fingerprint density at radius 1 is 1.12 bits per heavy atom. The molecule has 4 rings (SSSR count).